The zero-order valence-electron chi connectivity index (χ0n) is 15.7. The van der Waals surface area contributed by atoms with Crippen LogP contribution in [0.2, 0.25) is 0 Å². The third-order valence-corrected chi connectivity index (χ3v) is 6.76. The quantitative estimate of drug-likeness (QED) is 0.862. The molecule has 2 heterocycles. The van der Waals surface area contributed by atoms with Gasteiger partial charge in [0.2, 0.25) is 5.91 Å². The van der Waals surface area contributed by atoms with Crippen LogP contribution in [-0.4, -0.2) is 59.1 Å². The summed E-state index contributed by atoms with van der Waals surface area (Å²) in [5, 5.41) is 10.8. The monoisotopic (exact) mass is 336 g/mol. The molecule has 3 fully saturated rings. The van der Waals surface area contributed by atoms with Gasteiger partial charge in [0.25, 0.3) is 0 Å². The van der Waals surface area contributed by atoms with Gasteiger partial charge >= 0.3 is 0 Å². The van der Waals surface area contributed by atoms with E-state index >= 15 is 0 Å². The maximum atomic E-state index is 12.7. The van der Waals surface area contributed by atoms with E-state index < -0.39 is 5.60 Å². The van der Waals surface area contributed by atoms with Crippen LogP contribution in [-0.2, 0) is 4.79 Å². The Morgan fingerprint density at radius 2 is 1.46 bits per heavy atom. The van der Waals surface area contributed by atoms with Crippen molar-refractivity contribution in [2.45, 2.75) is 70.8 Å². The van der Waals surface area contributed by atoms with Crippen molar-refractivity contribution in [1.82, 2.24) is 9.80 Å². The van der Waals surface area contributed by atoms with Gasteiger partial charge in [0.05, 0.1) is 5.60 Å². The molecule has 0 radical (unpaired) electrons. The summed E-state index contributed by atoms with van der Waals surface area (Å²) in [6.07, 6.45) is 8.45. The fraction of sp³-hybridized carbons (Fsp3) is 0.950. The molecule has 0 aromatic carbocycles. The van der Waals surface area contributed by atoms with Crippen molar-refractivity contribution in [1.29, 1.82) is 0 Å². The van der Waals surface area contributed by atoms with Crippen molar-refractivity contribution in [3.63, 3.8) is 0 Å². The smallest absolute Gasteiger partial charge is 0.225 e. The fourth-order valence-corrected chi connectivity index (χ4v) is 4.70. The fourth-order valence-electron chi connectivity index (χ4n) is 4.70. The molecule has 1 aliphatic carbocycles. The molecule has 1 amide bonds. The molecule has 0 aromatic rings. The van der Waals surface area contributed by atoms with Crippen LogP contribution in [0.4, 0.5) is 0 Å². The zero-order chi connectivity index (χ0) is 17.2. The third-order valence-electron chi connectivity index (χ3n) is 6.76. The van der Waals surface area contributed by atoms with Crippen LogP contribution >= 0.6 is 0 Å². The van der Waals surface area contributed by atoms with Crippen LogP contribution in [0.1, 0.15) is 65.2 Å². The molecule has 1 saturated carbocycles. The molecule has 0 atom stereocenters. The maximum Gasteiger partial charge on any atom is 0.225 e. The summed E-state index contributed by atoms with van der Waals surface area (Å²) >= 11 is 0. The minimum absolute atomic E-state index is 0.218. The van der Waals surface area contributed by atoms with Gasteiger partial charge in [-0.2, -0.15) is 0 Å². The van der Waals surface area contributed by atoms with Crippen molar-refractivity contribution in [3.8, 4) is 0 Å². The van der Waals surface area contributed by atoms with E-state index in [0.717, 1.165) is 95.9 Å². The Balaban J connectivity index is 1.43. The SMILES string of the molecule is CC1CCN(C(=O)C2CCN(CC3(O)CCC(C)CC3)CC2)CC1. The predicted octanol–water partition coefficient (Wildman–Crippen LogP) is 2.90. The van der Waals surface area contributed by atoms with Gasteiger partial charge in [0.15, 0.2) is 0 Å². The number of β-amino-alcohol motifs (C(OH)–C–C–N with tert-alkyl or cyclic N) is 1. The van der Waals surface area contributed by atoms with Gasteiger partial charge in [-0.05, 0) is 76.3 Å². The zero-order valence-corrected chi connectivity index (χ0v) is 15.7. The minimum Gasteiger partial charge on any atom is -0.389 e. The molecule has 2 saturated heterocycles. The van der Waals surface area contributed by atoms with E-state index in [4.69, 9.17) is 0 Å². The number of likely N-dealkylation sites (tertiary alicyclic amines) is 2. The lowest BCUT2D eigenvalue weighted by Crippen LogP contribution is -2.50. The highest BCUT2D eigenvalue weighted by molar-refractivity contribution is 5.79. The van der Waals surface area contributed by atoms with Crippen molar-refractivity contribution in [2.24, 2.45) is 17.8 Å². The Morgan fingerprint density at radius 1 is 0.917 bits per heavy atom. The standard InChI is InChI=1S/C20H36N2O2/c1-16-3-9-20(24,10-4-16)15-21-11-7-18(8-12-21)19(23)22-13-5-17(2)6-14-22/h16-18,24H,3-15H2,1-2H3. The number of hydrogen-bond donors (Lipinski definition) is 1. The lowest BCUT2D eigenvalue weighted by molar-refractivity contribution is -0.138. The highest BCUT2D eigenvalue weighted by Gasteiger charge is 2.36. The summed E-state index contributed by atoms with van der Waals surface area (Å²) < 4.78 is 0. The topological polar surface area (TPSA) is 43.8 Å². The van der Waals surface area contributed by atoms with Gasteiger partial charge in [-0.3, -0.25) is 4.79 Å². The first kappa shape index (κ1) is 18.2. The first-order chi connectivity index (χ1) is 11.5. The molecule has 0 unspecified atom stereocenters. The molecular weight excluding hydrogens is 300 g/mol. The van der Waals surface area contributed by atoms with Crippen LogP contribution < -0.4 is 0 Å². The maximum absolute atomic E-state index is 12.7. The summed E-state index contributed by atoms with van der Waals surface area (Å²) in [5.74, 6) is 2.15. The lowest BCUT2D eigenvalue weighted by Gasteiger charge is -2.41. The van der Waals surface area contributed by atoms with E-state index in [1.165, 1.54) is 0 Å². The van der Waals surface area contributed by atoms with Gasteiger partial charge in [0, 0.05) is 25.6 Å². The summed E-state index contributed by atoms with van der Waals surface area (Å²) in [4.78, 5) is 17.2. The van der Waals surface area contributed by atoms with Crippen molar-refractivity contribution in [3.05, 3.63) is 0 Å². The highest BCUT2D eigenvalue weighted by Crippen LogP contribution is 2.33. The number of rotatable bonds is 3. The average molecular weight is 337 g/mol. The first-order valence-electron chi connectivity index (χ1n) is 10.2. The average Bonchev–Trinajstić information content (AvgIpc) is 2.59. The molecule has 138 valence electrons. The van der Waals surface area contributed by atoms with Gasteiger partial charge in [-0.25, -0.2) is 0 Å². The van der Waals surface area contributed by atoms with E-state index in [0.29, 0.717) is 5.91 Å². The normalized spacial score (nSPS) is 34.5. The van der Waals surface area contributed by atoms with Crippen LogP contribution in [0.25, 0.3) is 0 Å². The van der Waals surface area contributed by atoms with Gasteiger partial charge < -0.3 is 14.9 Å². The Labute approximate surface area is 147 Å². The molecule has 0 aromatic heterocycles. The number of piperidine rings is 2. The van der Waals surface area contributed by atoms with Crippen LogP contribution in [0, 0.1) is 17.8 Å². The Morgan fingerprint density at radius 3 is 2.04 bits per heavy atom. The summed E-state index contributed by atoms with van der Waals surface area (Å²) in [5.41, 5.74) is -0.480. The molecular formula is C20H36N2O2. The Bertz CT molecular complexity index is 415. The molecule has 4 heteroatoms. The molecule has 3 rings (SSSR count). The molecule has 0 spiro atoms. The number of nitrogens with zero attached hydrogens (tertiary/aromatic N) is 2. The van der Waals surface area contributed by atoms with Crippen molar-refractivity contribution >= 4 is 5.91 Å². The second-order valence-electron chi connectivity index (χ2n) is 8.97. The number of carbonyl (C=O) groups is 1. The largest absolute Gasteiger partial charge is 0.389 e. The molecule has 1 N–H and O–H groups in total. The lowest BCUT2D eigenvalue weighted by atomic mass is 9.79. The van der Waals surface area contributed by atoms with Gasteiger partial charge in [-0.15, -0.1) is 0 Å². The summed E-state index contributed by atoms with van der Waals surface area (Å²) in [6.45, 7) is 9.24. The second kappa shape index (κ2) is 7.74. The van der Waals surface area contributed by atoms with E-state index in [9.17, 15) is 9.90 Å². The van der Waals surface area contributed by atoms with Crippen molar-refractivity contribution in [2.75, 3.05) is 32.7 Å². The second-order valence-corrected chi connectivity index (χ2v) is 8.97. The van der Waals surface area contributed by atoms with Crippen LogP contribution in [0.5, 0.6) is 0 Å². The third kappa shape index (κ3) is 4.51. The highest BCUT2D eigenvalue weighted by atomic mass is 16.3. The summed E-state index contributed by atoms with van der Waals surface area (Å²) in [7, 11) is 0. The predicted molar refractivity (Wildman–Crippen MR) is 96.7 cm³/mol. The molecule has 4 nitrogen and oxygen atoms in total. The Hall–Kier alpha value is -0.610. The number of amides is 1. The van der Waals surface area contributed by atoms with Gasteiger partial charge in [0.1, 0.15) is 0 Å². The number of carbonyl (C=O) groups excluding carboxylic acids is 1. The summed E-state index contributed by atoms with van der Waals surface area (Å²) in [6, 6.07) is 0. The molecule has 3 aliphatic rings. The molecule has 2 aliphatic heterocycles. The minimum atomic E-state index is -0.480. The van der Waals surface area contributed by atoms with Gasteiger partial charge in [-0.1, -0.05) is 13.8 Å². The van der Waals surface area contributed by atoms with Crippen molar-refractivity contribution < 1.29 is 9.90 Å². The van der Waals surface area contributed by atoms with E-state index in [-0.39, 0.29) is 5.92 Å². The van der Waals surface area contributed by atoms with Crippen LogP contribution in [0.3, 0.4) is 0 Å². The Kier molecular flexibility index (Phi) is 5.86. The molecule has 24 heavy (non-hydrogen) atoms. The number of aliphatic hydroxyl groups is 1. The molecule has 0 bridgehead atoms. The van der Waals surface area contributed by atoms with E-state index in [1.807, 2.05) is 0 Å². The van der Waals surface area contributed by atoms with E-state index in [1.54, 1.807) is 0 Å². The number of hydrogen-bond acceptors (Lipinski definition) is 3. The van der Waals surface area contributed by atoms with E-state index in [2.05, 4.69) is 23.6 Å². The van der Waals surface area contributed by atoms with Crippen LogP contribution in [0.15, 0.2) is 0 Å². The first-order valence-corrected chi connectivity index (χ1v) is 10.2.